The molecule has 0 aliphatic heterocycles. The van der Waals surface area contributed by atoms with Crippen molar-refractivity contribution < 1.29 is 14.7 Å². The van der Waals surface area contributed by atoms with E-state index in [1.54, 1.807) is 13.8 Å². The van der Waals surface area contributed by atoms with E-state index in [0.29, 0.717) is 10.6 Å². The van der Waals surface area contributed by atoms with Gasteiger partial charge in [0.2, 0.25) is 0 Å². The van der Waals surface area contributed by atoms with Gasteiger partial charge >= 0.3 is 5.97 Å². The zero-order chi connectivity index (χ0) is 14.8. The summed E-state index contributed by atoms with van der Waals surface area (Å²) in [5, 5.41) is 15.5. The minimum absolute atomic E-state index is 0.143. The van der Waals surface area contributed by atoms with Gasteiger partial charge < -0.3 is 10.4 Å². The lowest BCUT2D eigenvalue weighted by Gasteiger charge is -2.24. The quantitative estimate of drug-likeness (QED) is 0.880. The molecule has 0 bridgehead atoms. The molecule has 0 aromatic carbocycles. The van der Waals surface area contributed by atoms with Gasteiger partial charge in [0.25, 0.3) is 5.91 Å². The first kappa shape index (κ1) is 15.6. The Bertz CT molecular complexity index is 489. The molecule has 0 saturated carbocycles. The molecule has 0 unspecified atom stereocenters. The largest absolute Gasteiger partial charge is 0.481 e. The normalized spacial score (nSPS) is 12.3. The Kier molecular flexibility index (Phi) is 4.29. The zero-order valence-electron chi connectivity index (χ0n) is 11.8. The molecular weight excluding hydrogens is 266 g/mol. The molecule has 1 aromatic rings. The molecule has 1 heterocycles. The van der Waals surface area contributed by atoms with Crippen LogP contribution in [0.1, 0.15) is 56.4 Å². The summed E-state index contributed by atoms with van der Waals surface area (Å²) in [6.07, 6.45) is -0.143. The highest BCUT2D eigenvalue weighted by atomic mass is 32.1. The topological polar surface area (TPSA) is 92.2 Å². The molecule has 1 aromatic heterocycles. The molecule has 1 amide bonds. The second-order valence-electron chi connectivity index (χ2n) is 6.11. The van der Waals surface area contributed by atoms with Gasteiger partial charge in [-0.2, -0.15) is 0 Å². The van der Waals surface area contributed by atoms with E-state index in [0.717, 1.165) is 11.5 Å². The summed E-state index contributed by atoms with van der Waals surface area (Å²) >= 11 is 1.02. The lowest BCUT2D eigenvalue weighted by atomic mass is 9.91. The van der Waals surface area contributed by atoms with Crippen LogP contribution in [-0.4, -0.2) is 32.1 Å². The standard InChI is InChI=1S/C12H19N3O3S/c1-11(2,3)9-8(19-15-14-9)10(18)13-12(4,5)6-7(16)17/h6H2,1-5H3,(H,13,18)(H,16,17). The zero-order valence-corrected chi connectivity index (χ0v) is 12.6. The number of hydrogen-bond acceptors (Lipinski definition) is 5. The number of hydrogen-bond donors (Lipinski definition) is 2. The van der Waals surface area contributed by atoms with Crippen molar-refractivity contribution in [3.05, 3.63) is 10.6 Å². The van der Waals surface area contributed by atoms with Gasteiger partial charge in [0.05, 0.1) is 12.1 Å². The van der Waals surface area contributed by atoms with Crippen LogP contribution in [-0.2, 0) is 10.2 Å². The molecule has 2 N–H and O–H groups in total. The summed E-state index contributed by atoms with van der Waals surface area (Å²) in [5.74, 6) is -1.28. The third kappa shape index (κ3) is 4.27. The summed E-state index contributed by atoms with van der Waals surface area (Å²) in [6, 6.07) is 0. The monoisotopic (exact) mass is 285 g/mol. The van der Waals surface area contributed by atoms with Crippen LogP contribution in [0.3, 0.4) is 0 Å². The van der Waals surface area contributed by atoms with Crippen LogP contribution >= 0.6 is 11.5 Å². The van der Waals surface area contributed by atoms with Crippen molar-refractivity contribution in [2.45, 2.75) is 52.0 Å². The fourth-order valence-corrected chi connectivity index (χ4v) is 2.39. The van der Waals surface area contributed by atoms with Crippen molar-refractivity contribution in [3.8, 4) is 0 Å². The van der Waals surface area contributed by atoms with Gasteiger partial charge in [-0.3, -0.25) is 9.59 Å². The van der Waals surface area contributed by atoms with Crippen molar-refractivity contribution in [1.82, 2.24) is 14.9 Å². The Morgan fingerprint density at radius 2 is 1.84 bits per heavy atom. The number of carboxylic acids is 1. The Morgan fingerprint density at radius 3 is 2.32 bits per heavy atom. The van der Waals surface area contributed by atoms with Crippen molar-refractivity contribution >= 4 is 23.4 Å². The number of carbonyl (C=O) groups is 2. The average molecular weight is 285 g/mol. The molecule has 0 radical (unpaired) electrons. The van der Waals surface area contributed by atoms with Crippen LogP contribution in [0.15, 0.2) is 0 Å². The molecule has 106 valence electrons. The van der Waals surface area contributed by atoms with Crippen LogP contribution in [0, 0.1) is 0 Å². The number of amides is 1. The maximum atomic E-state index is 12.2. The Morgan fingerprint density at radius 1 is 1.26 bits per heavy atom. The van der Waals surface area contributed by atoms with Gasteiger partial charge in [-0.25, -0.2) is 0 Å². The van der Waals surface area contributed by atoms with E-state index >= 15 is 0 Å². The Labute approximate surface area is 116 Å². The maximum absolute atomic E-state index is 12.2. The number of rotatable bonds is 4. The number of aromatic nitrogens is 2. The first-order valence-electron chi connectivity index (χ1n) is 5.90. The van der Waals surface area contributed by atoms with E-state index in [1.807, 2.05) is 20.8 Å². The minimum atomic E-state index is -0.955. The molecule has 6 nitrogen and oxygen atoms in total. The maximum Gasteiger partial charge on any atom is 0.305 e. The van der Waals surface area contributed by atoms with Crippen LogP contribution in [0.25, 0.3) is 0 Å². The summed E-state index contributed by atoms with van der Waals surface area (Å²) in [5.41, 5.74) is -0.472. The summed E-state index contributed by atoms with van der Waals surface area (Å²) in [6.45, 7) is 9.18. The van der Waals surface area contributed by atoms with Crippen LogP contribution in [0.4, 0.5) is 0 Å². The Balaban J connectivity index is 2.91. The van der Waals surface area contributed by atoms with Crippen LogP contribution in [0.2, 0.25) is 0 Å². The highest BCUT2D eigenvalue weighted by molar-refractivity contribution is 7.08. The van der Waals surface area contributed by atoms with E-state index in [2.05, 4.69) is 14.9 Å². The van der Waals surface area contributed by atoms with Gasteiger partial charge in [-0.05, 0) is 25.4 Å². The van der Waals surface area contributed by atoms with E-state index in [1.165, 1.54) is 0 Å². The second-order valence-corrected chi connectivity index (χ2v) is 6.86. The van der Waals surface area contributed by atoms with Crippen molar-refractivity contribution in [2.75, 3.05) is 0 Å². The minimum Gasteiger partial charge on any atom is -0.481 e. The number of carbonyl (C=O) groups excluding carboxylic acids is 1. The SMILES string of the molecule is CC(C)(CC(=O)O)NC(=O)c1snnc1C(C)(C)C. The Hall–Kier alpha value is -1.50. The summed E-state index contributed by atoms with van der Waals surface area (Å²) in [7, 11) is 0. The van der Waals surface area contributed by atoms with Crippen molar-refractivity contribution in [1.29, 1.82) is 0 Å². The summed E-state index contributed by atoms with van der Waals surface area (Å²) < 4.78 is 3.82. The van der Waals surface area contributed by atoms with Gasteiger partial charge in [0.1, 0.15) is 4.88 Å². The molecule has 0 fully saturated rings. The van der Waals surface area contributed by atoms with E-state index in [4.69, 9.17) is 5.11 Å². The molecule has 0 aliphatic rings. The predicted octanol–water partition coefficient (Wildman–Crippen LogP) is 1.82. The predicted molar refractivity (Wildman–Crippen MR) is 72.4 cm³/mol. The number of nitrogens with zero attached hydrogens (tertiary/aromatic N) is 2. The van der Waals surface area contributed by atoms with E-state index < -0.39 is 11.5 Å². The van der Waals surface area contributed by atoms with E-state index in [9.17, 15) is 9.59 Å². The number of nitrogens with one attached hydrogen (secondary N) is 1. The molecule has 0 spiro atoms. The lowest BCUT2D eigenvalue weighted by Crippen LogP contribution is -2.45. The average Bonchev–Trinajstić information content (AvgIpc) is 2.60. The molecule has 0 aliphatic carbocycles. The number of aliphatic carboxylic acids is 1. The lowest BCUT2D eigenvalue weighted by molar-refractivity contribution is -0.138. The molecule has 0 saturated heterocycles. The highest BCUT2D eigenvalue weighted by Gasteiger charge is 2.30. The first-order valence-corrected chi connectivity index (χ1v) is 6.67. The molecule has 7 heteroatoms. The summed E-state index contributed by atoms with van der Waals surface area (Å²) in [4.78, 5) is 23.4. The highest BCUT2D eigenvalue weighted by Crippen LogP contribution is 2.26. The third-order valence-corrected chi connectivity index (χ3v) is 3.17. The first-order chi connectivity index (χ1) is 8.53. The molecule has 0 atom stereocenters. The fourth-order valence-electron chi connectivity index (χ4n) is 1.62. The van der Waals surface area contributed by atoms with Gasteiger partial charge in [0.15, 0.2) is 0 Å². The van der Waals surface area contributed by atoms with Crippen LogP contribution in [0.5, 0.6) is 0 Å². The van der Waals surface area contributed by atoms with Gasteiger partial charge in [-0.15, -0.1) is 5.10 Å². The molecular formula is C12H19N3O3S. The van der Waals surface area contributed by atoms with Crippen LogP contribution < -0.4 is 5.32 Å². The van der Waals surface area contributed by atoms with Gasteiger partial charge in [0, 0.05) is 11.0 Å². The molecule has 19 heavy (non-hydrogen) atoms. The third-order valence-electron chi connectivity index (χ3n) is 2.45. The van der Waals surface area contributed by atoms with E-state index in [-0.39, 0.29) is 17.7 Å². The van der Waals surface area contributed by atoms with Crippen molar-refractivity contribution in [2.24, 2.45) is 0 Å². The smallest absolute Gasteiger partial charge is 0.305 e. The fraction of sp³-hybridized carbons (Fsp3) is 0.667. The number of carboxylic acid groups (broad SMARTS) is 1. The van der Waals surface area contributed by atoms with Crippen molar-refractivity contribution in [3.63, 3.8) is 0 Å². The second kappa shape index (κ2) is 5.24. The molecule has 1 rings (SSSR count). The van der Waals surface area contributed by atoms with Gasteiger partial charge in [-0.1, -0.05) is 25.3 Å².